The van der Waals surface area contributed by atoms with Crippen LogP contribution in [0.4, 0.5) is 28.9 Å². The number of nitrogen functional groups attached to an aromatic ring is 2. The standard InChI is InChI=1S/C8H4BrClF2N2.C6H7BrN2.C2HClF2O2/c9-4-1-2-5-6(3-4)14-7(13-5)8(10,11)12;7-4-1-2-5(8)6(9)3-4;3-2(4,5)1(6)7/h1-3H,(H,13,14);1-3H,8-9H2;(H,6,7). The Balaban J connectivity index is 0.000000244. The van der Waals surface area contributed by atoms with Crippen molar-refractivity contribution < 1.29 is 27.5 Å². The topological polar surface area (TPSA) is 118 Å². The van der Waals surface area contributed by atoms with Gasteiger partial charge in [-0.1, -0.05) is 31.9 Å². The molecule has 0 aliphatic heterocycles. The molecule has 164 valence electrons. The van der Waals surface area contributed by atoms with Gasteiger partial charge in [0, 0.05) is 8.95 Å². The number of H-pyrrole nitrogens is 1. The Morgan fingerprint density at radius 1 is 1.00 bits per heavy atom. The highest BCUT2D eigenvalue weighted by molar-refractivity contribution is 9.10. The summed E-state index contributed by atoms with van der Waals surface area (Å²) in [7, 11) is 0. The van der Waals surface area contributed by atoms with Crippen LogP contribution in [0.1, 0.15) is 5.82 Å². The molecule has 0 aliphatic carbocycles. The van der Waals surface area contributed by atoms with Gasteiger partial charge in [-0.15, -0.1) is 0 Å². The Bertz CT molecular complexity index is 1030. The van der Waals surface area contributed by atoms with Gasteiger partial charge in [-0.25, -0.2) is 9.78 Å². The highest BCUT2D eigenvalue weighted by Crippen LogP contribution is 2.31. The quantitative estimate of drug-likeness (QED) is 0.161. The van der Waals surface area contributed by atoms with E-state index in [-0.39, 0.29) is 0 Å². The molecule has 0 fully saturated rings. The minimum Gasteiger partial charge on any atom is -0.476 e. The van der Waals surface area contributed by atoms with Crippen molar-refractivity contribution in [2.75, 3.05) is 11.5 Å². The van der Waals surface area contributed by atoms with E-state index in [4.69, 9.17) is 33.0 Å². The number of carboxylic acid groups (broad SMARTS) is 1. The highest BCUT2D eigenvalue weighted by atomic mass is 79.9. The number of aromatic amines is 1. The Kier molecular flexibility index (Phi) is 9.21. The van der Waals surface area contributed by atoms with Crippen molar-refractivity contribution in [3.63, 3.8) is 0 Å². The summed E-state index contributed by atoms with van der Waals surface area (Å²) in [6, 6.07) is 10.4. The van der Waals surface area contributed by atoms with Crippen LogP contribution in [0.25, 0.3) is 11.0 Å². The van der Waals surface area contributed by atoms with Gasteiger partial charge in [-0.3, -0.25) is 0 Å². The first kappa shape index (κ1) is 26.3. The summed E-state index contributed by atoms with van der Waals surface area (Å²) in [6.45, 7) is 0. The average Bonchev–Trinajstić information content (AvgIpc) is 3.02. The summed E-state index contributed by atoms with van der Waals surface area (Å²) in [5, 5.41) is -0.196. The number of nitrogens with two attached hydrogens (primary N) is 2. The molecule has 0 amide bonds. The van der Waals surface area contributed by atoms with Crippen LogP contribution in [0, 0.1) is 0 Å². The van der Waals surface area contributed by atoms with E-state index < -0.39 is 22.6 Å². The number of halogens is 8. The van der Waals surface area contributed by atoms with E-state index in [2.05, 4.69) is 53.4 Å². The molecule has 3 rings (SSSR count). The van der Waals surface area contributed by atoms with Crippen LogP contribution in [0.2, 0.25) is 0 Å². The molecule has 1 aromatic heterocycles. The number of imidazole rings is 1. The first-order valence-corrected chi connectivity index (χ1v) is 9.78. The molecule has 6 nitrogen and oxygen atoms in total. The SMILES string of the molecule is FC(F)(Cl)c1nc2ccc(Br)cc2[nH]1.Nc1ccc(Br)cc1N.O=C(O)C(F)(F)Cl. The molecule has 0 unspecified atom stereocenters. The number of benzene rings is 2. The lowest BCUT2D eigenvalue weighted by atomic mass is 10.3. The molecule has 0 aliphatic rings. The third-order valence-electron chi connectivity index (χ3n) is 3.00. The predicted octanol–water partition coefficient (Wildman–Crippen LogP) is 6.13. The van der Waals surface area contributed by atoms with Crippen molar-refractivity contribution in [3.8, 4) is 0 Å². The molecule has 6 N–H and O–H groups in total. The van der Waals surface area contributed by atoms with Crippen LogP contribution >= 0.6 is 55.1 Å². The van der Waals surface area contributed by atoms with Crippen LogP contribution < -0.4 is 11.5 Å². The zero-order valence-corrected chi connectivity index (χ0v) is 19.1. The molecule has 30 heavy (non-hydrogen) atoms. The minimum absolute atomic E-state index is 0.462. The van der Waals surface area contributed by atoms with Gasteiger partial charge in [0.15, 0.2) is 5.82 Å². The number of rotatable bonds is 2. The molecule has 0 radical (unpaired) electrons. The molecule has 14 heteroatoms. The monoisotopic (exact) mass is 596 g/mol. The third-order valence-corrected chi connectivity index (χ3v) is 4.33. The van der Waals surface area contributed by atoms with E-state index in [1.165, 1.54) is 0 Å². The second-order valence-corrected chi connectivity index (χ2v) is 8.10. The van der Waals surface area contributed by atoms with E-state index >= 15 is 0 Å². The summed E-state index contributed by atoms with van der Waals surface area (Å²) in [5.41, 5.74) is 13.1. The lowest BCUT2D eigenvalue weighted by molar-refractivity contribution is -0.153. The number of alkyl halides is 6. The lowest BCUT2D eigenvalue weighted by Gasteiger charge is -2.00. The number of hydrogen-bond acceptors (Lipinski definition) is 4. The lowest BCUT2D eigenvalue weighted by Crippen LogP contribution is -2.19. The number of anilines is 2. The van der Waals surface area contributed by atoms with Crippen molar-refractivity contribution in [2.24, 2.45) is 0 Å². The van der Waals surface area contributed by atoms with E-state index in [1.807, 2.05) is 6.07 Å². The van der Waals surface area contributed by atoms with E-state index in [9.17, 15) is 17.6 Å². The highest BCUT2D eigenvalue weighted by Gasteiger charge is 2.35. The van der Waals surface area contributed by atoms with Gasteiger partial charge in [-0.2, -0.15) is 17.6 Å². The maximum Gasteiger partial charge on any atom is 0.417 e. The second kappa shape index (κ2) is 10.5. The average molecular weight is 599 g/mol. The van der Waals surface area contributed by atoms with Crippen molar-refractivity contribution in [1.82, 2.24) is 9.97 Å². The van der Waals surface area contributed by atoms with Crippen LogP contribution in [-0.2, 0) is 10.2 Å². The fourth-order valence-electron chi connectivity index (χ4n) is 1.66. The molecule has 0 saturated carbocycles. The zero-order chi connectivity index (χ0) is 23.3. The maximum atomic E-state index is 12.7. The molecule has 1 heterocycles. The van der Waals surface area contributed by atoms with Gasteiger partial charge >= 0.3 is 16.7 Å². The van der Waals surface area contributed by atoms with Crippen LogP contribution in [0.15, 0.2) is 45.3 Å². The van der Waals surface area contributed by atoms with Gasteiger partial charge in [0.1, 0.15) is 0 Å². The Morgan fingerprint density at radius 3 is 1.93 bits per heavy atom. The summed E-state index contributed by atoms with van der Waals surface area (Å²) in [5.74, 6) is -2.86. The zero-order valence-electron chi connectivity index (χ0n) is 14.4. The van der Waals surface area contributed by atoms with Gasteiger partial charge in [0.25, 0.3) is 0 Å². The van der Waals surface area contributed by atoms with Crippen molar-refractivity contribution >= 4 is 83.4 Å². The van der Waals surface area contributed by atoms with E-state index in [0.717, 1.165) is 8.95 Å². The fraction of sp³-hybridized carbons (Fsp3) is 0.125. The van der Waals surface area contributed by atoms with Gasteiger partial charge < -0.3 is 21.6 Å². The van der Waals surface area contributed by atoms with Gasteiger partial charge in [0.05, 0.1) is 22.4 Å². The first-order chi connectivity index (χ1) is 13.6. The third kappa shape index (κ3) is 8.54. The van der Waals surface area contributed by atoms with E-state index in [0.29, 0.717) is 22.4 Å². The molecular formula is C16H12Br2Cl2F4N4O2. The number of aliphatic carboxylic acids is 1. The molecular weight excluding hydrogens is 587 g/mol. The maximum absolute atomic E-state index is 12.7. The van der Waals surface area contributed by atoms with Crippen molar-refractivity contribution in [2.45, 2.75) is 10.8 Å². The molecule has 2 aromatic carbocycles. The van der Waals surface area contributed by atoms with Gasteiger partial charge in [0.2, 0.25) is 0 Å². The van der Waals surface area contributed by atoms with Gasteiger partial charge in [-0.05, 0) is 59.6 Å². The predicted molar refractivity (Wildman–Crippen MR) is 115 cm³/mol. The largest absolute Gasteiger partial charge is 0.476 e. The molecule has 0 bridgehead atoms. The van der Waals surface area contributed by atoms with Crippen molar-refractivity contribution in [3.05, 3.63) is 51.2 Å². The number of nitrogens with zero attached hydrogens (tertiary/aromatic N) is 1. The molecule has 3 aromatic rings. The Hall–Kier alpha value is -1.76. The smallest absolute Gasteiger partial charge is 0.417 e. The number of fused-ring (bicyclic) bond motifs is 1. The number of carbonyl (C=O) groups is 1. The molecule has 0 saturated heterocycles. The van der Waals surface area contributed by atoms with Crippen LogP contribution in [0.3, 0.4) is 0 Å². The number of hydrogen-bond donors (Lipinski definition) is 4. The number of nitrogens with one attached hydrogen (secondary N) is 1. The number of carboxylic acids is 1. The summed E-state index contributed by atoms with van der Waals surface area (Å²) >= 11 is 15.3. The summed E-state index contributed by atoms with van der Waals surface area (Å²) in [6.07, 6.45) is 0. The Labute approximate surface area is 193 Å². The first-order valence-electron chi connectivity index (χ1n) is 7.44. The fourth-order valence-corrected chi connectivity index (χ4v) is 2.49. The van der Waals surface area contributed by atoms with E-state index in [1.54, 1.807) is 30.3 Å². The number of aromatic nitrogens is 2. The van der Waals surface area contributed by atoms with Crippen molar-refractivity contribution in [1.29, 1.82) is 0 Å². The molecule has 0 atom stereocenters. The normalized spacial score (nSPS) is 11.2. The molecule has 0 spiro atoms. The Morgan fingerprint density at radius 2 is 1.50 bits per heavy atom. The summed E-state index contributed by atoms with van der Waals surface area (Å²) in [4.78, 5) is 15.3. The summed E-state index contributed by atoms with van der Waals surface area (Å²) < 4.78 is 49.1. The van der Waals surface area contributed by atoms with Crippen LogP contribution in [-0.4, -0.2) is 26.4 Å². The second-order valence-electron chi connectivity index (χ2n) is 5.32. The van der Waals surface area contributed by atoms with Crippen LogP contribution in [0.5, 0.6) is 0 Å². The minimum atomic E-state index is -4.11.